The smallest absolute Gasteiger partial charge is 0.252 e. The molecule has 1 aromatic rings. The largest absolute Gasteiger partial charge is 0.396 e. The molecule has 17 heavy (non-hydrogen) atoms. The summed E-state index contributed by atoms with van der Waals surface area (Å²) in [6.45, 7) is 6.11. The Morgan fingerprint density at radius 2 is 2.12 bits per heavy atom. The van der Waals surface area contributed by atoms with Crippen molar-refractivity contribution in [1.29, 1.82) is 0 Å². The molecule has 0 unspecified atom stereocenters. The first-order chi connectivity index (χ1) is 7.85. The first kappa shape index (κ1) is 14.0. The molecule has 0 atom stereocenters. The highest BCUT2D eigenvalue weighted by molar-refractivity contribution is 6.33. The summed E-state index contributed by atoms with van der Waals surface area (Å²) in [4.78, 5) is 11.9. The minimum Gasteiger partial charge on any atom is -0.396 e. The van der Waals surface area contributed by atoms with Crippen LogP contribution in [0, 0.1) is 12.3 Å². The standard InChI is InChI=1S/C13H18ClNO2/c1-9-4-5-10(11(14)6-9)12(17)15-7-13(2,3)8-16/h4-6,16H,7-8H2,1-3H3,(H,15,17). The van der Waals surface area contributed by atoms with Crippen LogP contribution in [0.2, 0.25) is 5.02 Å². The monoisotopic (exact) mass is 255 g/mol. The highest BCUT2D eigenvalue weighted by Crippen LogP contribution is 2.18. The van der Waals surface area contributed by atoms with Gasteiger partial charge in [-0.25, -0.2) is 0 Å². The van der Waals surface area contributed by atoms with Crippen molar-refractivity contribution in [3.63, 3.8) is 0 Å². The Labute approximate surface area is 107 Å². The first-order valence-electron chi connectivity index (χ1n) is 5.51. The molecule has 2 N–H and O–H groups in total. The van der Waals surface area contributed by atoms with Gasteiger partial charge in [0.15, 0.2) is 0 Å². The Morgan fingerprint density at radius 1 is 1.47 bits per heavy atom. The summed E-state index contributed by atoms with van der Waals surface area (Å²) in [6, 6.07) is 5.31. The van der Waals surface area contributed by atoms with Crippen LogP contribution in [-0.4, -0.2) is 24.2 Å². The number of carbonyl (C=O) groups is 1. The number of halogens is 1. The molecule has 0 aliphatic heterocycles. The maximum atomic E-state index is 11.9. The predicted octanol–water partition coefficient (Wildman–Crippen LogP) is 2.40. The third kappa shape index (κ3) is 4.02. The van der Waals surface area contributed by atoms with Gasteiger partial charge in [-0.1, -0.05) is 31.5 Å². The van der Waals surface area contributed by atoms with E-state index in [0.717, 1.165) is 5.56 Å². The zero-order valence-corrected chi connectivity index (χ0v) is 11.1. The van der Waals surface area contributed by atoms with Gasteiger partial charge in [-0.2, -0.15) is 0 Å². The molecule has 0 spiro atoms. The third-order valence-corrected chi connectivity index (χ3v) is 2.84. The quantitative estimate of drug-likeness (QED) is 0.868. The van der Waals surface area contributed by atoms with Crippen LogP contribution in [-0.2, 0) is 0 Å². The van der Waals surface area contributed by atoms with Gasteiger partial charge in [-0.3, -0.25) is 4.79 Å². The molecule has 1 amide bonds. The van der Waals surface area contributed by atoms with Gasteiger partial charge in [-0.05, 0) is 24.6 Å². The number of aliphatic hydroxyl groups is 1. The number of amides is 1. The van der Waals surface area contributed by atoms with Crippen molar-refractivity contribution in [3.8, 4) is 0 Å². The summed E-state index contributed by atoms with van der Waals surface area (Å²) in [7, 11) is 0. The average molecular weight is 256 g/mol. The van der Waals surface area contributed by atoms with E-state index in [1.807, 2.05) is 26.8 Å². The van der Waals surface area contributed by atoms with E-state index in [0.29, 0.717) is 17.1 Å². The Morgan fingerprint density at radius 3 is 2.65 bits per heavy atom. The number of nitrogens with one attached hydrogen (secondary N) is 1. The van der Waals surface area contributed by atoms with E-state index in [-0.39, 0.29) is 17.9 Å². The van der Waals surface area contributed by atoms with Crippen LogP contribution in [0.4, 0.5) is 0 Å². The van der Waals surface area contributed by atoms with Gasteiger partial charge in [0, 0.05) is 18.6 Å². The molecule has 0 aromatic heterocycles. The molecule has 0 aliphatic rings. The summed E-state index contributed by atoms with van der Waals surface area (Å²) < 4.78 is 0. The molecule has 0 bridgehead atoms. The normalized spacial score (nSPS) is 11.4. The fraction of sp³-hybridized carbons (Fsp3) is 0.462. The molecule has 1 rings (SSSR count). The Hall–Kier alpha value is -1.06. The fourth-order valence-electron chi connectivity index (χ4n) is 1.27. The lowest BCUT2D eigenvalue weighted by atomic mass is 9.95. The van der Waals surface area contributed by atoms with Crippen LogP contribution >= 0.6 is 11.6 Å². The van der Waals surface area contributed by atoms with Gasteiger partial charge in [-0.15, -0.1) is 0 Å². The van der Waals surface area contributed by atoms with Crippen LogP contribution in [0.3, 0.4) is 0 Å². The van der Waals surface area contributed by atoms with E-state index in [1.54, 1.807) is 12.1 Å². The van der Waals surface area contributed by atoms with Gasteiger partial charge >= 0.3 is 0 Å². The average Bonchev–Trinajstić information content (AvgIpc) is 2.26. The number of carbonyl (C=O) groups excluding carboxylic acids is 1. The van der Waals surface area contributed by atoms with Crippen LogP contribution in [0.25, 0.3) is 0 Å². The van der Waals surface area contributed by atoms with Crippen molar-refractivity contribution < 1.29 is 9.90 Å². The summed E-state index contributed by atoms with van der Waals surface area (Å²) in [5.74, 6) is -0.212. The summed E-state index contributed by atoms with van der Waals surface area (Å²) >= 11 is 6.00. The molecule has 0 heterocycles. The van der Waals surface area contributed by atoms with E-state index in [2.05, 4.69) is 5.32 Å². The highest BCUT2D eigenvalue weighted by Gasteiger charge is 2.18. The van der Waals surface area contributed by atoms with Crippen LogP contribution < -0.4 is 5.32 Å². The summed E-state index contributed by atoms with van der Waals surface area (Å²) in [5, 5.41) is 12.3. The van der Waals surface area contributed by atoms with Crippen molar-refractivity contribution >= 4 is 17.5 Å². The maximum absolute atomic E-state index is 11.9. The number of hydrogen-bond donors (Lipinski definition) is 2. The van der Waals surface area contributed by atoms with E-state index < -0.39 is 0 Å². The van der Waals surface area contributed by atoms with Crippen molar-refractivity contribution in [2.24, 2.45) is 5.41 Å². The molecule has 0 saturated heterocycles. The lowest BCUT2D eigenvalue weighted by Gasteiger charge is -2.22. The number of rotatable bonds is 4. The molecule has 0 aliphatic carbocycles. The first-order valence-corrected chi connectivity index (χ1v) is 5.89. The molecular weight excluding hydrogens is 238 g/mol. The summed E-state index contributed by atoms with van der Waals surface area (Å²) in [5.41, 5.74) is 1.15. The number of aliphatic hydroxyl groups excluding tert-OH is 1. The van der Waals surface area contributed by atoms with E-state index in [4.69, 9.17) is 16.7 Å². The molecule has 3 nitrogen and oxygen atoms in total. The second-order valence-electron chi connectivity index (χ2n) is 4.99. The van der Waals surface area contributed by atoms with E-state index >= 15 is 0 Å². The maximum Gasteiger partial charge on any atom is 0.252 e. The topological polar surface area (TPSA) is 49.3 Å². The van der Waals surface area contributed by atoms with Gasteiger partial charge in [0.05, 0.1) is 10.6 Å². The van der Waals surface area contributed by atoms with Crippen LogP contribution in [0.1, 0.15) is 29.8 Å². The lowest BCUT2D eigenvalue weighted by Crippen LogP contribution is -2.36. The van der Waals surface area contributed by atoms with Gasteiger partial charge < -0.3 is 10.4 Å². The van der Waals surface area contributed by atoms with Gasteiger partial charge in [0.2, 0.25) is 0 Å². The molecule has 4 heteroatoms. The summed E-state index contributed by atoms with van der Waals surface area (Å²) in [6.07, 6.45) is 0. The minimum atomic E-state index is -0.327. The van der Waals surface area contributed by atoms with E-state index in [9.17, 15) is 4.79 Å². The molecule has 0 fully saturated rings. The Balaban J connectivity index is 2.71. The van der Waals surface area contributed by atoms with Crippen molar-refractivity contribution in [3.05, 3.63) is 34.3 Å². The Kier molecular flexibility index (Phi) is 4.54. The zero-order valence-electron chi connectivity index (χ0n) is 10.4. The lowest BCUT2D eigenvalue weighted by molar-refractivity contribution is 0.0911. The number of benzene rings is 1. The molecule has 0 radical (unpaired) electrons. The number of hydrogen-bond acceptors (Lipinski definition) is 2. The zero-order chi connectivity index (χ0) is 13.1. The van der Waals surface area contributed by atoms with E-state index in [1.165, 1.54) is 0 Å². The third-order valence-electron chi connectivity index (χ3n) is 2.52. The molecular formula is C13H18ClNO2. The van der Waals surface area contributed by atoms with Crippen molar-refractivity contribution in [2.75, 3.05) is 13.2 Å². The Bertz CT molecular complexity index is 416. The van der Waals surface area contributed by atoms with Gasteiger partial charge in [0.1, 0.15) is 0 Å². The molecule has 1 aromatic carbocycles. The second-order valence-corrected chi connectivity index (χ2v) is 5.40. The highest BCUT2D eigenvalue weighted by atomic mass is 35.5. The van der Waals surface area contributed by atoms with Crippen LogP contribution in [0.5, 0.6) is 0 Å². The SMILES string of the molecule is Cc1ccc(C(=O)NCC(C)(C)CO)c(Cl)c1. The predicted molar refractivity (Wildman–Crippen MR) is 69.4 cm³/mol. The fourth-order valence-corrected chi connectivity index (χ4v) is 1.60. The van der Waals surface area contributed by atoms with Gasteiger partial charge in [0.25, 0.3) is 5.91 Å². The second kappa shape index (κ2) is 5.52. The van der Waals surface area contributed by atoms with Crippen molar-refractivity contribution in [2.45, 2.75) is 20.8 Å². The van der Waals surface area contributed by atoms with Crippen LogP contribution in [0.15, 0.2) is 18.2 Å². The molecule has 0 saturated carbocycles. The van der Waals surface area contributed by atoms with Crippen molar-refractivity contribution in [1.82, 2.24) is 5.32 Å². The minimum absolute atomic E-state index is 0.0227. The molecule has 94 valence electrons. The number of aryl methyl sites for hydroxylation is 1.